The molecular formula is C17H24N4. The highest BCUT2D eigenvalue weighted by molar-refractivity contribution is 5.32. The van der Waals surface area contributed by atoms with E-state index in [0.29, 0.717) is 12.0 Å². The van der Waals surface area contributed by atoms with Crippen molar-refractivity contribution in [2.45, 2.75) is 38.6 Å². The highest BCUT2D eigenvalue weighted by Gasteiger charge is 2.32. The maximum Gasteiger partial charge on any atom is 0.0817 e. The van der Waals surface area contributed by atoms with Crippen LogP contribution in [0.2, 0.25) is 0 Å². The van der Waals surface area contributed by atoms with E-state index in [1.165, 1.54) is 31.4 Å². The van der Waals surface area contributed by atoms with Crippen molar-refractivity contribution >= 4 is 0 Å². The molecule has 0 aliphatic heterocycles. The SMILES string of the molecule is CCC1CCC(C(NC)c2cnnn2-c2ccccc2)C1. The molecule has 3 unspecified atom stereocenters. The third kappa shape index (κ3) is 2.86. The van der Waals surface area contributed by atoms with E-state index in [-0.39, 0.29) is 0 Å². The number of benzene rings is 1. The van der Waals surface area contributed by atoms with Crippen molar-refractivity contribution in [2.75, 3.05) is 7.05 Å². The van der Waals surface area contributed by atoms with Crippen molar-refractivity contribution < 1.29 is 0 Å². The van der Waals surface area contributed by atoms with Crippen LogP contribution < -0.4 is 5.32 Å². The molecule has 0 radical (unpaired) electrons. The molecule has 0 bridgehead atoms. The van der Waals surface area contributed by atoms with Crippen LogP contribution in [-0.4, -0.2) is 22.0 Å². The number of rotatable bonds is 5. The van der Waals surface area contributed by atoms with Crippen LogP contribution in [0.25, 0.3) is 5.69 Å². The third-order valence-electron chi connectivity index (χ3n) is 4.84. The van der Waals surface area contributed by atoms with E-state index in [4.69, 9.17) is 0 Å². The lowest BCUT2D eigenvalue weighted by Gasteiger charge is -2.23. The smallest absolute Gasteiger partial charge is 0.0817 e. The van der Waals surface area contributed by atoms with E-state index in [1.54, 1.807) is 0 Å². The van der Waals surface area contributed by atoms with Gasteiger partial charge in [0, 0.05) is 0 Å². The fraction of sp³-hybridized carbons (Fsp3) is 0.529. The average Bonchev–Trinajstić information content (AvgIpc) is 3.19. The summed E-state index contributed by atoms with van der Waals surface area (Å²) in [7, 11) is 2.05. The Kier molecular flexibility index (Phi) is 4.34. The maximum absolute atomic E-state index is 4.29. The largest absolute Gasteiger partial charge is 0.311 e. The van der Waals surface area contributed by atoms with E-state index in [2.05, 4.69) is 34.7 Å². The summed E-state index contributed by atoms with van der Waals surface area (Å²) in [6, 6.07) is 10.6. The van der Waals surface area contributed by atoms with Crippen molar-refractivity contribution in [1.29, 1.82) is 0 Å². The summed E-state index contributed by atoms with van der Waals surface area (Å²) >= 11 is 0. The highest BCUT2D eigenvalue weighted by Crippen LogP contribution is 2.40. The minimum absolute atomic E-state index is 0.330. The van der Waals surface area contributed by atoms with Gasteiger partial charge >= 0.3 is 0 Å². The Bertz CT molecular complexity index is 563. The van der Waals surface area contributed by atoms with E-state index < -0.39 is 0 Å². The van der Waals surface area contributed by atoms with Gasteiger partial charge in [-0.1, -0.05) is 43.2 Å². The van der Waals surface area contributed by atoms with Crippen molar-refractivity contribution in [3.05, 3.63) is 42.2 Å². The van der Waals surface area contributed by atoms with Gasteiger partial charge in [0.25, 0.3) is 0 Å². The second-order valence-corrected chi connectivity index (χ2v) is 6.02. The number of nitrogens with one attached hydrogen (secondary N) is 1. The number of hydrogen-bond donors (Lipinski definition) is 1. The quantitative estimate of drug-likeness (QED) is 0.915. The molecule has 2 aromatic rings. The van der Waals surface area contributed by atoms with E-state index in [1.807, 2.05) is 36.1 Å². The average molecular weight is 284 g/mol. The molecule has 4 nitrogen and oxygen atoms in total. The maximum atomic E-state index is 4.29. The summed E-state index contributed by atoms with van der Waals surface area (Å²) in [6.45, 7) is 2.30. The van der Waals surface area contributed by atoms with Gasteiger partial charge in [0.15, 0.2) is 0 Å². The molecule has 1 aromatic heterocycles. The lowest BCUT2D eigenvalue weighted by Crippen LogP contribution is -2.26. The van der Waals surface area contributed by atoms with Gasteiger partial charge in [-0.05, 0) is 43.9 Å². The predicted octanol–water partition coefficient (Wildman–Crippen LogP) is 3.35. The Morgan fingerprint density at radius 3 is 2.76 bits per heavy atom. The molecular weight excluding hydrogens is 260 g/mol. The monoisotopic (exact) mass is 284 g/mol. The molecule has 0 spiro atoms. The molecule has 0 amide bonds. The van der Waals surface area contributed by atoms with Crippen LogP contribution in [0, 0.1) is 11.8 Å². The van der Waals surface area contributed by atoms with Gasteiger partial charge in [0.1, 0.15) is 0 Å². The first-order valence-electron chi connectivity index (χ1n) is 7.96. The molecule has 1 N–H and O–H groups in total. The zero-order valence-corrected chi connectivity index (χ0v) is 12.9. The van der Waals surface area contributed by atoms with Crippen LogP contribution in [0.3, 0.4) is 0 Å². The van der Waals surface area contributed by atoms with Crippen molar-refractivity contribution in [2.24, 2.45) is 11.8 Å². The normalized spacial score (nSPS) is 23.3. The Morgan fingerprint density at radius 1 is 1.29 bits per heavy atom. The zero-order valence-electron chi connectivity index (χ0n) is 12.9. The van der Waals surface area contributed by atoms with Gasteiger partial charge in [0.05, 0.1) is 23.6 Å². The molecule has 1 saturated carbocycles. The summed E-state index contributed by atoms with van der Waals surface area (Å²) in [6.07, 6.45) is 7.16. The van der Waals surface area contributed by atoms with Gasteiger partial charge < -0.3 is 5.32 Å². The van der Waals surface area contributed by atoms with Gasteiger partial charge in [-0.15, -0.1) is 5.10 Å². The van der Waals surface area contributed by atoms with Crippen LogP contribution >= 0.6 is 0 Å². The third-order valence-corrected chi connectivity index (χ3v) is 4.84. The zero-order chi connectivity index (χ0) is 14.7. The second-order valence-electron chi connectivity index (χ2n) is 6.02. The van der Waals surface area contributed by atoms with Gasteiger partial charge in [-0.3, -0.25) is 0 Å². The predicted molar refractivity (Wildman–Crippen MR) is 84.3 cm³/mol. The molecule has 1 heterocycles. The molecule has 1 fully saturated rings. The fourth-order valence-corrected chi connectivity index (χ4v) is 3.64. The highest BCUT2D eigenvalue weighted by atomic mass is 15.4. The first kappa shape index (κ1) is 14.3. The van der Waals surface area contributed by atoms with E-state index in [0.717, 1.165) is 11.6 Å². The molecule has 21 heavy (non-hydrogen) atoms. The minimum atomic E-state index is 0.330. The number of para-hydroxylation sites is 1. The summed E-state index contributed by atoms with van der Waals surface area (Å²) in [5.41, 5.74) is 2.25. The summed E-state index contributed by atoms with van der Waals surface area (Å²) in [5, 5.41) is 11.9. The molecule has 112 valence electrons. The Hall–Kier alpha value is -1.68. The molecule has 3 rings (SSSR count). The van der Waals surface area contributed by atoms with E-state index in [9.17, 15) is 0 Å². The Balaban J connectivity index is 1.87. The van der Waals surface area contributed by atoms with Crippen LogP contribution in [0.1, 0.15) is 44.3 Å². The molecule has 1 aliphatic carbocycles. The van der Waals surface area contributed by atoms with Crippen molar-refractivity contribution in [3.8, 4) is 5.69 Å². The number of nitrogens with zero attached hydrogens (tertiary/aromatic N) is 3. The standard InChI is InChI=1S/C17H24N4/c1-3-13-9-10-14(11-13)17(18-2)16-12-19-20-21(16)15-7-5-4-6-8-15/h4-8,12-14,17-18H,3,9-11H2,1-2H3. The van der Waals surface area contributed by atoms with Gasteiger partial charge in [-0.2, -0.15) is 0 Å². The second kappa shape index (κ2) is 6.39. The molecule has 3 atom stereocenters. The first-order valence-corrected chi connectivity index (χ1v) is 7.96. The lowest BCUT2D eigenvalue weighted by molar-refractivity contribution is 0.360. The van der Waals surface area contributed by atoms with Crippen LogP contribution in [0.5, 0.6) is 0 Å². The fourth-order valence-electron chi connectivity index (χ4n) is 3.64. The van der Waals surface area contributed by atoms with Crippen LogP contribution in [0.15, 0.2) is 36.5 Å². The minimum Gasteiger partial charge on any atom is -0.311 e. The molecule has 1 aliphatic rings. The molecule has 4 heteroatoms. The number of aromatic nitrogens is 3. The topological polar surface area (TPSA) is 42.7 Å². The van der Waals surface area contributed by atoms with Crippen LogP contribution in [0.4, 0.5) is 0 Å². The Morgan fingerprint density at radius 2 is 2.10 bits per heavy atom. The Labute approximate surface area is 126 Å². The summed E-state index contributed by atoms with van der Waals surface area (Å²) < 4.78 is 1.97. The molecule has 0 saturated heterocycles. The van der Waals surface area contributed by atoms with Gasteiger partial charge in [-0.25, -0.2) is 4.68 Å². The van der Waals surface area contributed by atoms with E-state index >= 15 is 0 Å². The van der Waals surface area contributed by atoms with Crippen molar-refractivity contribution in [1.82, 2.24) is 20.3 Å². The first-order chi connectivity index (χ1) is 10.3. The number of hydrogen-bond acceptors (Lipinski definition) is 3. The van der Waals surface area contributed by atoms with Crippen molar-refractivity contribution in [3.63, 3.8) is 0 Å². The molecule has 1 aromatic carbocycles. The summed E-state index contributed by atoms with van der Waals surface area (Å²) in [5.74, 6) is 1.56. The van der Waals surface area contributed by atoms with Gasteiger partial charge in [0.2, 0.25) is 0 Å². The summed E-state index contributed by atoms with van der Waals surface area (Å²) in [4.78, 5) is 0. The lowest BCUT2D eigenvalue weighted by atomic mass is 9.93. The van der Waals surface area contributed by atoms with Crippen LogP contribution in [-0.2, 0) is 0 Å².